The third-order valence-electron chi connectivity index (χ3n) is 8.55. The first-order chi connectivity index (χ1) is 15.7. The second-order valence-electron chi connectivity index (χ2n) is 10.8. The number of hydrogen-bond donors (Lipinski definition) is 1. The van der Waals surface area contributed by atoms with E-state index in [1.807, 2.05) is 0 Å². The number of piperazine rings is 1. The van der Waals surface area contributed by atoms with Gasteiger partial charge < -0.3 is 10.2 Å². The smallest absolute Gasteiger partial charge is 0.222 e. The molecule has 4 fully saturated rings. The van der Waals surface area contributed by atoms with E-state index < -0.39 is 0 Å². The summed E-state index contributed by atoms with van der Waals surface area (Å²) in [6.07, 6.45) is 9.78. The van der Waals surface area contributed by atoms with Gasteiger partial charge in [0.1, 0.15) is 0 Å². The van der Waals surface area contributed by atoms with Gasteiger partial charge >= 0.3 is 0 Å². The second-order valence-corrected chi connectivity index (χ2v) is 10.8. The second kappa shape index (κ2) is 10.7. The van der Waals surface area contributed by atoms with Crippen LogP contribution in [0.4, 0.5) is 0 Å². The highest BCUT2D eigenvalue weighted by molar-refractivity contribution is 5.76. The Kier molecular flexibility index (Phi) is 7.46. The zero-order chi connectivity index (χ0) is 21.8. The summed E-state index contributed by atoms with van der Waals surface area (Å²) in [5.74, 6) is 1.90. The average Bonchev–Trinajstić information content (AvgIpc) is 3.36. The number of hydrogen-bond acceptors (Lipinski definition) is 4. The highest BCUT2D eigenvalue weighted by Gasteiger charge is 2.36. The number of nitrogens with zero attached hydrogens (tertiary/aromatic N) is 3. The zero-order valence-electron chi connectivity index (χ0n) is 19.8. The molecule has 1 aliphatic carbocycles. The minimum absolute atomic E-state index is 0.388. The Morgan fingerprint density at radius 2 is 1.78 bits per heavy atom. The van der Waals surface area contributed by atoms with Crippen molar-refractivity contribution < 1.29 is 4.79 Å². The maximum atomic E-state index is 12.8. The van der Waals surface area contributed by atoms with Crippen LogP contribution >= 0.6 is 0 Å². The van der Waals surface area contributed by atoms with E-state index in [1.165, 1.54) is 50.8 Å². The van der Waals surface area contributed by atoms with Crippen LogP contribution in [0.5, 0.6) is 0 Å². The summed E-state index contributed by atoms with van der Waals surface area (Å²) in [5.41, 5.74) is 1.43. The molecule has 3 aliphatic heterocycles. The standard InChI is InChI=1S/C27H42N4O/c32-27(31-15-13-30(14-16-31)25-9-4-5-10-25)12-6-11-26-24-17-23(18-28-26)20-29(21-24)19-22-7-2-1-3-8-22/h1-3,7-8,23-26,28H,4-6,9-21H2/t23-,24-,26+/m0/s1. The first-order valence-electron chi connectivity index (χ1n) is 13.3. The number of fused-ring (bicyclic) bond motifs is 2. The summed E-state index contributed by atoms with van der Waals surface area (Å²) in [4.78, 5) is 20.3. The molecule has 3 atom stereocenters. The average molecular weight is 439 g/mol. The van der Waals surface area contributed by atoms with Crippen LogP contribution in [-0.4, -0.2) is 78.5 Å². The Labute approximate surface area is 194 Å². The molecule has 0 spiro atoms. The largest absolute Gasteiger partial charge is 0.340 e. The number of benzene rings is 1. The van der Waals surface area contributed by atoms with Gasteiger partial charge in [0.05, 0.1) is 0 Å². The molecule has 3 saturated heterocycles. The first-order valence-corrected chi connectivity index (χ1v) is 13.3. The van der Waals surface area contributed by atoms with Crippen molar-refractivity contribution in [3.05, 3.63) is 35.9 Å². The molecule has 0 aromatic heterocycles. The van der Waals surface area contributed by atoms with Gasteiger partial charge in [0.2, 0.25) is 5.91 Å². The first kappa shape index (κ1) is 22.4. The van der Waals surface area contributed by atoms with Crippen LogP contribution < -0.4 is 5.32 Å². The molecule has 1 saturated carbocycles. The fourth-order valence-corrected chi connectivity index (χ4v) is 6.82. The molecule has 0 radical (unpaired) electrons. The quantitative estimate of drug-likeness (QED) is 0.709. The Hall–Kier alpha value is -1.43. The van der Waals surface area contributed by atoms with Crippen molar-refractivity contribution in [3.63, 3.8) is 0 Å². The minimum atomic E-state index is 0.388. The third-order valence-corrected chi connectivity index (χ3v) is 8.55. The lowest BCUT2D eigenvalue weighted by Gasteiger charge is -2.46. The van der Waals surface area contributed by atoms with E-state index in [0.29, 0.717) is 11.9 Å². The van der Waals surface area contributed by atoms with Crippen LogP contribution in [0.25, 0.3) is 0 Å². The fourth-order valence-electron chi connectivity index (χ4n) is 6.82. The summed E-state index contributed by atoms with van der Waals surface area (Å²) in [7, 11) is 0. The van der Waals surface area contributed by atoms with Gasteiger partial charge in [-0.2, -0.15) is 0 Å². The molecular formula is C27H42N4O. The van der Waals surface area contributed by atoms with Crippen molar-refractivity contribution in [2.45, 2.75) is 70.0 Å². The minimum Gasteiger partial charge on any atom is -0.340 e. The van der Waals surface area contributed by atoms with Crippen LogP contribution in [0.2, 0.25) is 0 Å². The van der Waals surface area contributed by atoms with Crippen LogP contribution in [0, 0.1) is 11.8 Å². The number of amides is 1. The summed E-state index contributed by atoms with van der Waals surface area (Å²) >= 11 is 0. The van der Waals surface area contributed by atoms with Gasteiger partial charge in [0.25, 0.3) is 0 Å². The Morgan fingerprint density at radius 1 is 1.00 bits per heavy atom. The van der Waals surface area contributed by atoms with Gasteiger partial charge in [-0.1, -0.05) is 43.2 Å². The molecule has 1 aromatic rings. The number of piperidine rings is 2. The van der Waals surface area contributed by atoms with Crippen molar-refractivity contribution in [1.29, 1.82) is 0 Å². The van der Waals surface area contributed by atoms with Gasteiger partial charge in [-0.05, 0) is 56.0 Å². The van der Waals surface area contributed by atoms with Crippen LogP contribution in [0.1, 0.15) is 56.9 Å². The van der Waals surface area contributed by atoms with Crippen LogP contribution in [0.15, 0.2) is 30.3 Å². The molecule has 1 amide bonds. The van der Waals surface area contributed by atoms with Crippen LogP contribution in [-0.2, 0) is 11.3 Å². The number of likely N-dealkylation sites (tertiary alicyclic amines) is 1. The Morgan fingerprint density at radius 3 is 2.56 bits per heavy atom. The summed E-state index contributed by atoms with van der Waals surface area (Å²) < 4.78 is 0. The number of carbonyl (C=O) groups is 1. The van der Waals surface area contributed by atoms with Crippen molar-refractivity contribution in [2.24, 2.45) is 11.8 Å². The highest BCUT2D eigenvalue weighted by Crippen LogP contribution is 2.31. The molecule has 5 rings (SSSR count). The number of nitrogens with one attached hydrogen (secondary N) is 1. The number of carbonyl (C=O) groups excluding carboxylic acids is 1. The van der Waals surface area contributed by atoms with E-state index >= 15 is 0 Å². The van der Waals surface area contributed by atoms with Crippen molar-refractivity contribution in [2.75, 3.05) is 45.8 Å². The molecule has 0 unspecified atom stereocenters. The molecule has 5 nitrogen and oxygen atoms in total. The molecule has 4 aliphatic rings. The fraction of sp³-hybridized carbons (Fsp3) is 0.741. The number of rotatable bonds is 7. The lowest BCUT2D eigenvalue weighted by molar-refractivity contribution is -0.133. The van der Waals surface area contributed by atoms with E-state index in [9.17, 15) is 4.79 Å². The Balaban J connectivity index is 1.04. The molecule has 32 heavy (non-hydrogen) atoms. The molecule has 176 valence electrons. The van der Waals surface area contributed by atoms with Crippen molar-refractivity contribution >= 4 is 5.91 Å². The monoisotopic (exact) mass is 438 g/mol. The van der Waals surface area contributed by atoms with Gasteiger partial charge in [0, 0.05) is 64.3 Å². The lowest BCUT2D eigenvalue weighted by Crippen LogP contribution is -2.55. The summed E-state index contributed by atoms with van der Waals surface area (Å²) in [6, 6.07) is 12.3. The van der Waals surface area contributed by atoms with Gasteiger partial charge in [-0.3, -0.25) is 14.6 Å². The van der Waals surface area contributed by atoms with Crippen molar-refractivity contribution in [3.8, 4) is 0 Å². The summed E-state index contributed by atoms with van der Waals surface area (Å²) in [5, 5.41) is 3.84. The van der Waals surface area contributed by atoms with E-state index in [2.05, 4.69) is 50.3 Å². The summed E-state index contributed by atoms with van der Waals surface area (Å²) in [6.45, 7) is 8.68. The SMILES string of the molecule is O=C(CCC[C@H]1NC[C@@H]2C[C@H]1CN(Cc1ccccc1)C2)N1CCN(C2CCCC2)CC1. The highest BCUT2D eigenvalue weighted by atomic mass is 16.2. The third kappa shape index (κ3) is 5.55. The predicted octanol–water partition coefficient (Wildman–Crippen LogP) is 3.35. The molecular weight excluding hydrogens is 396 g/mol. The Bertz CT molecular complexity index is 726. The molecule has 5 heteroatoms. The van der Waals surface area contributed by atoms with Crippen LogP contribution in [0.3, 0.4) is 0 Å². The van der Waals surface area contributed by atoms with Gasteiger partial charge in [0.15, 0.2) is 0 Å². The normalized spacial score (nSPS) is 30.0. The lowest BCUT2D eigenvalue weighted by atomic mass is 9.79. The van der Waals surface area contributed by atoms with Gasteiger partial charge in [-0.15, -0.1) is 0 Å². The molecule has 2 bridgehead atoms. The van der Waals surface area contributed by atoms with E-state index in [-0.39, 0.29) is 0 Å². The van der Waals surface area contributed by atoms with Crippen molar-refractivity contribution in [1.82, 2.24) is 20.0 Å². The zero-order valence-corrected chi connectivity index (χ0v) is 19.8. The van der Waals surface area contributed by atoms with E-state index in [1.54, 1.807) is 0 Å². The predicted molar refractivity (Wildman–Crippen MR) is 129 cm³/mol. The maximum Gasteiger partial charge on any atom is 0.222 e. The van der Waals surface area contributed by atoms with E-state index in [0.717, 1.165) is 76.4 Å². The molecule has 1 N–H and O–H groups in total. The maximum absolute atomic E-state index is 12.8. The van der Waals surface area contributed by atoms with E-state index in [4.69, 9.17) is 0 Å². The van der Waals surface area contributed by atoms with Gasteiger partial charge in [-0.25, -0.2) is 0 Å². The topological polar surface area (TPSA) is 38.8 Å². The molecule has 3 heterocycles. The molecule has 1 aromatic carbocycles.